The summed E-state index contributed by atoms with van der Waals surface area (Å²) < 4.78 is 5.96. The van der Waals surface area contributed by atoms with Gasteiger partial charge in [0.15, 0.2) is 0 Å². The van der Waals surface area contributed by atoms with Crippen molar-refractivity contribution in [3.63, 3.8) is 0 Å². The zero-order valence-corrected chi connectivity index (χ0v) is 21.7. The van der Waals surface area contributed by atoms with Gasteiger partial charge in [-0.3, -0.25) is 4.90 Å². The predicted octanol–water partition coefficient (Wildman–Crippen LogP) is 8.24. The van der Waals surface area contributed by atoms with Crippen LogP contribution in [0.5, 0.6) is 5.75 Å². The Labute approximate surface area is 205 Å². The van der Waals surface area contributed by atoms with E-state index in [0.717, 1.165) is 38.3 Å². The Kier molecular flexibility index (Phi) is 15.9. The molecule has 0 spiro atoms. The lowest BCUT2D eigenvalue weighted by Gasteiger charge is -2.36. The van der Waals surface area contributed by atoms with Crippen LogP contribution in [0.4, 0.5) is 5.69 Å². The van der Waals surface area contributed by atoms with Gasteiger partial charge in [-0.2, -0.15) is 0 Å². The van der Waals surface area contributed by atoms with E-state index in [9.17, 15) is 0 Å². The van der Waals surface area contributed by atoms with Crippen LogP contribution < -0.4 is 9.64 Å². The number of ether oxygens (including phenoxy) is 1. The number of allylic oxidation sites excluding steroid dienone is 1. The molecular weight excluding hydrogens is 404 g/mol. The highest BCUT2D eigenvalue weighted by Crippen LogP contribution is 2.21. The molecule has 0 saturated carbocycles. The van der Waals surface area contributed by atoms with Gasteiger partial charge in [-0.1, -0.05) is 83.6 Å². The monoisotopic (exact) mass is 456 g/mol. The molecule has 0 aromatic heterocycles. The van der Waals surface area contributed by atoms with Crippen LogP contribution in [0.25, 0.3) is 0 Å². The number of hydrogen-bond acceptors (Lipinski definition) is 3. The number of hydrogen-bond donors (Lipinski definition) is 0. The first kappa shape index (κ1) is 27.8. The maximum Gasteiger partial charge on any atom is 0.119 e. The summed E-state index contributed by atoms with van der Waals surface area (Å²) >= 11 is 0. The first-order valence-electron chi connectivity index (χ1n) is 14.1. The number of unbranched alkanes of at least 4 members (excludes halogenated alkanes) is 13. The van der Waals surface area contributed by atoms with Gasteiger partial charge < -0.3 is 9.64 Å². The van der Waals surface area contributed by atoms with Gasteiger partial charge >= 0.3 is 0 Å². The van der Waals surface area contributed by atoms with E-state index >= 15 is 0 Å². The summed E-state index contributed by atoms with van der Waals surface area (Å²) in [4.78, 5) is 5.19. The normalized spacial score (nSPS) is 14.5. The highest BCUT2D eigenvalue weighted by molar-refractivity contribution is 5.49. The lowest BCUT2D eigenvalue weighted by Crippen LogP contribution is -2.46. The van der Waals surface area contributed by atoms with Crippen molar-refractivity contribution >= 4 is 5.69 Å². The quantitative estimate of drug-likeness (QED) is 0.145. The molecule has 2 rings (SSSR count). The summed E-state index contributed by atoms with van der Waals surface area (Å²) in [5.41, 5.74) is 1.34. The SMILES string of the molecule is C=CCCCCCCCCOc1ccc(N2CCN(CCCCCCCCCC)CC2)cc1. The van der Waals surface area contributed by atoms with Crippen molar-refractivity contribution in [2.75, 3.05) is 44.2 Å². The van der Waals surface area contributed by atoms with Crippen LogP contribution in [0.3, 0.4) is 0 Å². The highest BCUT2D eigenvalue weighted by Gasteiger charge is 2.16. The van der Waals surface area contributed by atoms with Crippen LogP contribution >= 0.6 is 0 Å². The minimum absolute atomic E-state index is 0.837. The van der Waals surface area contributed by atoms with E-state index in [1.165, 1.54) is 109 Å². The molecule has 0 unspecified atom stereocenters. The molecule has 1 aromatic rings. The molecule has 3 nitrogen and oxygen atoms in total. The second-order valence-corrected chi connectivity index (χ2v) is 9.84. The Morgan fingerprint density at radius 1 is 0.727 bits per heavy atom. The maximum atomic E-state index is 5.96. The van der Waals surface area contributed by atoms with Crippen molar-refractivity contribution in [2.24, 2.45) is 0 Å². The van der Waals surface area contributed by atoms with E-state index in [1.807, 2.05) is 6.08 Å². The van der Waals surface area contributed by atoms with E-state index < -0.39 is 0 Å². The van der Waals surface area contributed by atoms with Gasteiger partial charge in [-0.15, -0.1) is 6.58 Å². The third kappa shape index (κ3) is 13.1. The first-order valence-corrected chi connectivity index (χ1v) is 14.1. The molecule has 3 heteroatoms. The van der Waals surface area contributed by atoms with E-state index in [-0.39, 0.29) is 0 Å². The van der Waals surface area contributed by atoms with Gasteiger partial charge in [0.2, 0.25) is 0 Å². The molecular formula is C30H52N2O. The zero-order valence-electron chi connectivity index (χ0n) is 21.7. The standard InChI is InChI=1S/C30H52N2O/c1-3-5-7-9-11-13-15-17-23-31-24-26-32(27-25-31)29-19-21-30(22-20-29)33-28-18-16-14-12-10-8-6-4-2/h4,19-22H,2-3,5-18,23-28H2,1H3. The van der Waals surface area contributed by atoms with Crippen molar-refractivity contribution in [2.45, 2.75) is 103 Å². The Morgan fingerprint density at radius 3 is 1.94 bits per heavy atom. The van der Waals surface area contributed by atoms with Crippen LogP contribution in [0.2, 0.25) is 0 Å². The fraction of sp³-hybridized carbons (Fsp3) is 0.733. The summed E-state index contributed by atoms with van der Waals surface area (Å²) in [6.45, 7) is 12.9. The maximum absolute atomic E-state index is 5.96. The Hall–Kier alpha value is -1.48. The minimum atomic E-state index is 0.837. The van der Waals surface area contributed by atoms with E-state index in [0.29, 0.717) is 0 Å². The summed E-state index contributed by atoms with van der Waals surface area (Å²) in [6, 6.07) is 8.78. The van der Waals surface area contributed by atoms with Crippen LogP contribution in [-0.4, -0.2) is 44.2 Å². The summed E-state index contributed by atoms with van der Waals surface area (Å²) in [6.07, 6.45) is 22.2. The Balaban J connectivity index is 1.49. The average molecular weight is 457 g/mol. The molecule has 1 saturated heterocycles. The van der Waals surface area contributed by atoms with E-state index in [4.69, 9.17) is 4.74 Å². The van der Waals surface area contributed by atoms with Gasteiger partial charge in [0.05, 0.1) is 6.61 Å². The molecule has 0 bridgehead atoms. The molecule has 1 heterocycles. The third-order valence-electron chi connectivity index (χ3n) is 6.97. The number of anilines is 1. The van der Waals surface area contributed by atoms with Gasteiger partial charge in [0, 0.05) is 31.9 Å². The molecule has 1 aliphatic heterocycles. The Bertz CT molecular complexity index is 577. The van der Waals surface area contributed by atoms with Crippen LogP contribution in [0.15, 0.2) is 36.9 Å². The molecule has 1 aliphatic rings. The predicted molar refractivity (Wildman–Crippen MR) is 146 cm³/mol. The average Bonchev–Trinajstić information content (AvgIpc) is 2.85. The molecule has 0 N–H and O–H groups in total. The van der Waals surface area contributed by atoms with Crippen molar-refractivity contribution in [3.05, 3.63) is 36.9 Å². The molecule has 0 radical (unpaired) electrons. The fourth-order valence-electron chi connectivity index (χ4n) is 4.74. The topological polar surface area (TPSA) is 15.7 Å². The van der Waals surface area contributed by atoms with Crippen molar-refractivity contribution in [1.29, 1.82) is 0 Å². The van der Waals surface area contributed by atoms with E-state index in [1.54, 1.807) is 0 Å². The zero-order chi connectivity index (χ0) is 23.4. The second kappa shape index (κ2) is 18.9. The van der Waals surface area contributed by atoms with Crippen molar-refractivity contribution < 1.29 is 4.74 Å². The number of piperazine rings is 1. The Morgan fingerprint density at radius 2 is 1.30 bits per heavy atom. The lowest BCUT2D eigenvalue weighted by atomic mass is 10.1. The van der Waals surface area contributed by atoms with Crippen molar-refractivity contribution in [3.8, 4) is 5.75 Å². The molecule has 1 fully saturated rings. The minimum Gasteiger partial charge on any atom is -0.494 e. The van der Waals surface area contributed by atoms with Gasteiger partial charge in [0.25, 0.3) is 0 Å². The first-order chi connectivity index (χ1) is 16.3. The molecule has 33 heavy (non-hydrogen) atoms. The molecule has 0 atom stereocenters. The smallest absolute Gasteiger partial charge is 0.119 e. The van der Waals surface area contributed by atoms with Gasteiger partial charge in [-0.05, 0) is 56.5 Å². The number of benzene rings is 1. The lowest BCUT2D eigenvalue weighted by molar-refractivity contribution is 0.252. The van der Waals surface area contributed by atoms with Crippen molar-refractivity contribution in [1.82, 2.24) is 4.90 Å². The third-order valence-corrected chi connectivity index (χ3v) is 6.97. The van der Waals surface area contributed by atoms with Gasteiger partial charge in [0.1, 0.15) is 5.75 Å². The summed E-state index contributed by atoms with van der Waals surface area (Å²) in [5.74, 6) is 1.01. The molecule has 0 amide bonds. The summed E-state index contributed by atoms with van der Waals surface area (Å²) in [5, 5.41) is 0. The number of nitrogens with zero attached hydrogens (tertiary/aromatic N) is 2. The molecule has 1 aromatic carbocycles. The van der Waals surface area contributed by atoms with Crippen LogP contribution in [-0.2, 0) is 0 Å². The molecule has 188 valence electrons. The van der Waals surface area contributed by atoms with Gasteiger partial charge in [-0.25, -0.2) is 0 Å². The largest absolute Gasteiger partial charge is 0.494 e. The van der Waals surface area contributed by atoms with E-state index in [2.05, 4.69) is 47.6 Å². The molecule has 0 aliphatic carbocycles. The fourth-order valence-corrected chi connectivity index (χ4v) is 4.74. The highest BCUT2D eigenvalue weighted by atomic mass is 16.5. The summed E-state index contributed by atoms with van der Waals surface area (Å²) in [7, 11) is 0. The van der Waals surface area contributed by atoms with Crippen LogP contribution in [0.1, 0.15) is 103 Å². The second-order valence-electron chi connectivity index (χ2n) is 9.84. The number of rotatable bonds is 20. The van der Waals surface area contributed by atoms with Crippen LogP contribution in [0, 0.1) is 0 Å².